The molecule has 0 radical (unpaired) electrons. The molecule has 0 amide bonds. The molecule has 0 saturated carbocycles. The summed E-state index contributed by atoms with van der Waals surface area (Å²) in [5, 5.41) is 0. The van der Waals surface area contributed by atoms with Crippen LogP contribution < -0.4 is 0 Å². The number of carbonyl (C=O) groups is 2. The first-order valence-electron chi connectivity index (χ1n) is 6.22. The zero-order valence-corrected chi connectivity index (χ0v) is 12.0. The number of hydrogen-bond donors (Lipinski definition) is 0. The Hall–Kier alpha value is -1.78. The van der Waals surface area contributed by atoms with Crippen molar-refractivity contribution >= 4 is 11.8 Å². The Kier molecular flexibility index (Phi) is 4.63. The molecule has 0 unspecified atom stereocenters. The molecule has 0 aromatic heterocycles. The normalized spacial score (nSPS) is 12.1. The van der Waals surface area contributed by atoms with E-state index in [4.69, 9.17) is 4.74 Å². The number of Topliss-reactive ketones (excluding diaryl/α,β-unsaturated/α-hetero) is 1. The van der Waals surface area contributed by atoms with Crippen LogP contribution in [0.4, 0.5) is 8.78 Å². The van der Waals surface area contributed by atoms with Crippen LogP contribution in [0.5, 0.6) is 0 Å². The lowest BCUT2D eigenvalue weighted by molar-refractivity contribution is -0.153. The maximum Gasteiger partial charge on any atom is 0.330 e. The molecule has 0 bridgehead atoms. The van der Waals surface area contributed by atoms with Crippen molar-refractivity contribution in [3.63, 3.8) is 0 Å². The summed E-state index contributed by atoms with van der Waals surface area (Å²) in [7, 11) is 0. The molecule has 1 aromatic carbocycles. The van der Waals surface area contributed by atoms with Crippen LogP contribution in [0.1, 0.15) is 38.8 Å². The van der Waals surface area contributed by atoms with E-state index in [1.807, 2.05) is 0 Å². The van der Waals surface area contributed by atoms with Gasteiger partial charge in [-0.3, -0.25) is 9.59 Å². The summed E-state index contributed by atoms with van der Waals surface area (Å²) in [6.07, 6.45) is 0.00317. The number of rotatable bonds is 4. The molecule has 0 aliphatic rings. The zero-order valence-electron chi connectivity index (χ0n) is 12.0. The van der Waals surface area contributed by atoms with Crippen molar-refractivity contribution in [1.29, 1.82) is 0 Å². The largest absolute Gasteiger partial charge is 0.460 e. The second-order valence-electron chi connectivity index (χ2n) is 5.59. The molecule has 3 nitrogen and oxygen atoms in total. The molecule has 5 heteroatoms. The van der Waals surface area contributed by atoms with Crippen LogP contribution in [0.2, 0.25) is 0 Å². The number of carbonyl (C=O) groups excluding carboxylic acids is 2. The van der Waals surface area contributed by atoms with Gasteiger partial charge in [-0.15, -0.1) is 0 Å². The second kappa shape index (κ2) is 5.69. The highest BCUT2D eigenvalue weighted by molar-refractivity contribution is 5.84. The lowest BCUT2D eigenvalue weighted by Crippen LogP contribution is -2.25. The Morgan fingerprint density at radius 1 is 1.10 bits per heavy atom. The van der Waals surface area contributed by atoms with Gasteiger partial charge in [0, 0.05) is 12.5 Å². The second-order valence-corrected chi connectivity index (χ2v) is 5.59. The smallest absolute Gasteiger partial charge is 0.330 e. The molecule has 0 aliphatic heterocycles. The SMILES string of the molecule is CC(=O)C(F)(F)c1ccc(CC(=O)OC(C)(C)C)cc1. The quantitative estimate of drug-likeness (QED) is 0.797. The van der Waals surface area contributed by atoms with Gasteiger partial charge in [0.15, 0.2) is 0 Å². The Morgan fingerprint density at radius 3 is 2.00 bits per heavy atom. The van der Waals surface area contributed by atoms with Crippen LogP contribution in [0, 0.1) is 0 Å². The number of halogens is 2. The Balaban J connectivity index is 2.78. The van der Waals surface area contributed by atoms with Crippen molar-refractivity contribution in [2.75, 3.05) is 0 Å². The molecule has 0 saturated heterocycles. The van der Waals surface area contributed by atoms with Crippen molar-refractivity contribution in [3.8, 4) is 0 Å². The van der Waals surface area contributed by atoms with E-state index in [9.17, 15) is 18.4 Å². The van der Waals surface area contributed by atoms with Gasteiger partial charge in [-0.2, -0.15) is 8.78 Å². The third-order valence-corrected chi connectivity index (χ3v) is 2.53. The number of ether oxygens (including phenoxy) is 1. The van der Waals surface area contributed by atoms with Crippen LogP contribution >= 0.6 is 0 Å². The maximum absolute atomic E-state index is 13.5. The molecular weight excluding hydrogens is 266 g/mol. The van der Waals surface area contributed by atoms with E-state index in [2.05, 4.69) is 0 Å². The van der Waals surface area contributed by atoms with E-state index in [1.54, 1.807) is 20.8 Å². The molecule has 0 heterocycles. The molecule has 0 spiro atoms. The third-order valence-electron chi connectivity index (χ3n) is 2.53. The van der Waals surface area contributed by atoms with E-state index in [0.717, 1.165) is 19.1 Å². The van der Waals surface area contributed by atoms with Crippen molar-refractivity contribution in [3.05, 3.63) is 35.4 Å². The topological polar surface area (TPSA) is 43.4 Å². The van der Waals surface area contributed by atoms with Crippen LogP contribution in [0.3, 0.4) is 0 Å². The summed E-state index contributed by atoms with van der Waals surface area (Å²) < 4.78 is 32.0. The Morgan fingerprint density at radius 2 is 1.60 bits per heavy atom. The Labute approximate surface area is 116 Å². The monoisotopic (exact) mass is 284 g/mol. The molecule has 0 N–H and O–H groups in total. The summed E-state index contributed by atoms with van der Waals surface area (Å²) in [5.74, 6) is -5.13. The highest BCUT2D eigenvalue weighted by Crippen LogP contribution is 2.29. The molecule has 1 rings (SSSR count). The van der Waals surface area contributed by atoms with Crippen LogP contribution in [-0.2, 0) is 26.7 Å². The van der Waals surface area contributed by atoms with Crippen LogP contribution in [0.25, 0.3) is 0 Å². The van der Waals surface area contributed by atoms with Crippen LogP contribution in [-0.4, -0.2) is 17.4 Å². The van der Waals surface area contributed by atoms with E-state index in [-0.39, 0.29) is 12.0 Å². The standard InChI is InChI=1S/C15H18F2O3/c1-10(18)15(16,17)12-7-5-11(6-8-12)9-13(19)20-14(2,3)4/h5-8H,9H2,1-4H3. The lowest BCUT2D eigenvalue weighted by Gasteiger charge is -2.19. The summed E-state index contributed by atoms with van der Waals surface area (Å²) in [4.78, 5) is 22.5. The fraction of sp³-hybridized carbons (Fsp3) is 0.467. The number of alkyl halides is 2. The lowest BCUT2D eigenvalue weighted by atomic mass is 10.0. The third kappa shape index (κ3) is 4.40. The minimum atomic E-state index is -3.50. The highest BCUT2D eigenvalue weighted by Gasteiger charge is 2.37. The first-order valence-corrected chi connectivity index (χ1v) is 6.22. The molecular formula is C15H18F2O3. The average Bonchev–Trinajstić information content (AvgIpc) is 2.26. The summed E-state index contributed by atoms with van der Waals surface area (Å²) >= 11 is 0. The molecule has 0 fully saturated rings. The fourth-order valence-corrected chi connectivity index (χ4v) is 1.58. The van der Waals surface area contributed by atoms with E-state index >= 15 is 0 Å². The molecule has 20 heavy (non-hydrogen) atoms. The summed E-state index contributed by atoms with van der Waals surface area (Å²) in [5.41, 5.74) is -0.404. The predicted molar refractivity (Wildman–Crippen MR) is 70.6 cm³/mol. The van der Waals surface area contributed by atoms with E-state index in [1.165, 1.54) is 12.1 Å². The first kappa shape index (κ1) is 16.3. The van der Waals surface area contributed by atoms with E-state index < -0.39 is 23.3 Å². The first-order chi connectivity index (χ1) is 9.02. The minimum Gasteiger partial charge on any atom is -0.460 e. The number of benzene rings is 1. The highest BCUT2D eigenvalue weighted by atomic mass is 19.3. The van der Waals surface area contributed by atoms with Crippen LogP contribution in [0.15, 0.2) is 24.3 Å². The number of hydrogen-bond acceptors (Lipinski definition) is 3. The van der Waals surface area contributed by atoms with Gasteiger partial charge in [-0.1, -0.05) is 24.3 Å². The number of esters is 1. The van der Waals surface area contributed by atoms with E-state index in [0.29, 0.717) is 5.56 Å². The van der Waals surface area contributed by atoms with Crippen molar-refractivity contribution in [2.24, 2.45) is 0 Å². The predicted octanol–water partition coefficient (Wildman–Crippen LogP) is 3.25. The van der Waals surface area contributed by atoms with Gasteiger partial charge < -0.3 is 4.74 Å². The minimum absolute atomic E-state index is 0.00317. The van der Waals surface area contributed by atoms with Gasteiger partial charge in [0.1, 0.15) is 5.60 Å². The van der Waals surface area contributed by atoms with Gasteiger partial charge in [0.05, 0.1) is 6.42 Å². The molecule has 110 valence electrons. The summed E-state index contributed by atoms with van der Waals surface area (Å²) in [6, 6.07) is 5.11. The van der Waals surface area contributed by atoms with Gasteiger partial charge in [-0.05, 0) is 26.3 Å². The van der Waals surface area contributed by atoms with Crippen molar-refractivity contribution in [2.45, 2.75) is 45.6 Å². The van der Waals surface area contributed by atoms with Crippen molar-refractivity contribution < 1.29 is 23.1 Å². The number of ketones is 1. The molecule has 1 aromatic rings. The van der Waals surface area contributed by atoms with Gasteiger partial charge >= 0.3 is 11.9 Å². The molecule has 0 aliphatic carbocycles. The zero-order chi connectivity index (χ0) is 15.6. The average molecular weight is 284 g/mol. The fourth-order valence-electron chi connectivity index (χ4n) is 1.58. The van der Waals surface area contributed by atoms with Gasteiger partial charge in [-0.25, -0.2) is 0 Å². The van der Waals surface area contributed by atoms with Gasteiger partial charge in [0.2, 0.25) is 5.78 Å². The maximum atomic E-state index is 13.5. The van der Waals surface area contributed by atoms with Crippen molar-refractivity contribution in [1.82, 2.24) is 0 Å². The molecule has 0 atom stereocenters. The Bertz CT molecular complexity index is 499. The summed E-state index contributed by atoms with van der Waals surface area (Å²) in [6.45, 7) is 6.10. The van der Waals surface area contributed by atoms with Gasteiger partial charge in [0.25, 0.3) is 0 Å².